The van der Waals surface area contributed by atoms with Crippen LogP contribution < -0.4 is 5.69 Å². The van der Waals surface area contributed by atoms with Crippen LogP contribution in [0, 0.1) is 11.9 Å². The predicted octanol–water partition coefficient (Wildman–Crippen LogP) is 5.24. The molecule has 1 atom stereocenters. The highest BCUT2D eigenvalue weighted by Crippen LogP contribution is 2.31. The van der Waals surface area contributed by atoms with Crippen molar-refractivity contribution >= 4 is 0 Å². The van der Waals surface area contributed by atoms with E-state index in [1.165, 1.54) is 4.57 Å². The van der Waals surface area contributed by atoms with E-state index >= 15 is 4.39 Å². The van der Waals surface area contributed by atoms with Gasteiger partial charge < -0.3 is 0 Å². The summed E-state index contributed by atoms with van der Waals surface area (Å²) in [5.74, 6) is 0.459. The minimum Gasteiger partial charge on any atom is -0.289 e. The lowest BCUT2D eigenvalue weighted by molar-refractivity contribution is 0.411. The third kappa shape index (κ3) is 4.71. The molecule has 0 fully saturated rings. The first-order valence-electron chi connectivity index (χ1n) is 11.8. The Kier molecular flexibility index (Phi) is 7.05. The molecule has 0 aliphatic carbocycles. The van der Waals surface area contributed by atoms with Crippen LogP contribution in [0.25, 0.3) is 22.5 Å². The van der Waals surface area contributed by atoms with Crippen molar-refractivity contribution in [3.63, 3.8) is 0 Å². The number of imidazole rings is 1. The van der Waals surface area contributed by atoms with E-state index in [9.17, 15) is 4.79 Å². The molecule has 34 heavy (non-hydrogen) atoms. The fourth-order valence-corrected chi connectivity index (χ4v) is 4.17. The van der Waals surface area contributed by atoms with Crippen molar-refractivity contribution in [3.8, 4) is 22.5 Å². The van der Waals surface area contributed by atoms with E-state index in [0.717, 1.165) is 28.7 Å². The van der Waals surface area contributed by atoms with E-state index in [1.807, 2.05) is 62.4 Å². The summed E-state index contributed by atoms with van der Waals surface area (Å²) >= 11 is 0. The van der Waals surface area contributed by atoms with Crippen LogP contribution in [0.1, 0.15) is 57.8 Å². The minimum atomic E-state index is -0.417. The zero-order valence-corrected chi connectivity index (χ0v) is 20.1. The first kappa shape index (κ1) is 23.6. The molecule has 8 heteroatoms. The van der Waals surface area contributed by atoms with Crippen LogP contribution in [-0.2, 0) is 13.0 Å². The number of nitrogens with zero attached hydrogens (tertiary/aromatic N) is 5. The van der Waals surface area contributed by atoms with E-state index in [2.05, 4.69) is 34.5 Å². The molecule has 178 valence electrons. The SMILES string of the molecule is CCC(C)n1c(F)c(CCC(C)C)n(Cc2ccc(-c3ccccc3)c(-c3nn[nH]n3)c2)c1=O. The van der Waals surface area contributed by atoms with Gasteiger partial charge in [0.25, 0.3) is 0 Å². The number of tetrazole rings is 1. The van der Waals surface area contributed by atoms with Gasteiger partial charge in [-0.1, -0.05) is 63.2 Å². The van der Waals surface area contributed by atoms with Gasteiger partial charge in [0.05, 0.1) is 12.2 Å². The third-order valence-electron chi connectivity index (χ3n) is 6.30. The molecule has 4 rings (SSSR count). The molecule has 0 spiro atoms. The van der Waals surface area contributed by atoms with Crippen molar-refractivity contribution in [2.24, 2.45) is 5.92 Å². The van der Waals surface area contributed by atoms with Gasteiger partial charge in [-0.15, -0.1) is 10.2 Å². The monoisotopic (exact) mass is 462 g/mol. The first-order valence-corrected chi connectivity index (χ1v) is 11.8. The van der Waals surface area contributed by atoms with Gasteiger partial charge in [0.1, 0.15) is 0 Å². The Hall–Kier alpha value is -3.55. The lowest BCUT2D eigenvalue weighted by Crippen LogP contribution is -2.28. The Morgan fingerprint density at radius 3 is 2.47 bits per heavy atom. The molecule has 4 aromatic rings. The van der Waals surface area contributed by atoms with Crippen LogP contribution in [0.3, 0.4) is 0 Å². The number of hydrogen-bond acceptors (Lipinski definition) is 4. The maximum absolute atomic E-state index is 15.4. The molecule has 0 saturated heterocycles. The number of rotatable bonds is 9. The van der Waals surface area contributed by atoms with E-state index in [1.54, 1.807) is 4.57 Å². The maximum atomic E-state index is 15.4. The Labute approximate surface area is 198 Å². The normalized spacial score (nSPS) is 12.4. The van der Waals surface area contributed by atoms with E-state index in [4.69, 9.17) is 0 Å². The van der Waals surface area contributed by atoms with Gasteiger partial charge in [0.2, 0.25) is 11.8 Å². The average Bonchev–Trinajstić information content (AvgIpc) is 3.45. The Morgan fingerprint density at radius 2 is 1.82 bits per heavy atom. The molecule has 2 aromatic heterocycles. The van der Waals surface area contributed by atoms with Crippen LogP contribution >= 0.6 is 0 Å². The first-order chi connectivity index (χ1) is 16.4. The van der Waals surface area contributed by atoms with E-state index < -0.39 is 5.95 Å². The van der Waals surface area contributed by atoms with Gasteiger partial charge in [-0.2, -0.15) is 9.60 Å². The zero-order valence-electron chi connectivity index (χ0n) is 20.1. The minimum absolute atomic E-state index is 0.207. The number of benzene rings is 2. The summed E-state index contributed by atoms with van der Waals surface area (Å²) in [5.41, 5.74) is 3.81. The second kappa shape index (κ2) is 10.2. The quantitative estimate of drug-likeness (QED) is 0.369. The Balaban J connectivity index is 1.79. The van der Waals surface area contributed by atoms with Gasteiger partial charge in [-0.05, 0) is 60.1 Å². The summed E-state index contributed by atoms with van der Waals surface area (Å²) in [6.07, 6.45) is 2.00. The van der Waals surface area contributed by atoms with Crippen LogP contribution in [0.5, 0.6) is 0 Å². The smallest absolute Gasteiger partial charge is 0.289 e. The van der Waals surface area contributed by atoms with E-state index in [-0.39, 0.29) is 18.3 Å². The van der Waals surface area contributed by atoms with Crippen molar-refractivity contribution < 1.29 is 4.39 Å². The Morgan fingerprint density at radius 1 is 1.06 bits per heavy atom. The molecule has 0 aliphatic rings. The van der Waals surface area contributed by atoms with Crippen molar-refractivity contribution in [3.05, 3.63) is 76.2 Å². The van der Waals surface area contributed by atoms with Gasteiger partial charge in [0.15, 0.2) is 0 Å². The molecular weight excluding hydrogens is 431 g/mol. The largest absolute Gasteiger partial charge is 0.331 e. The maximum Gasteiger partial charge on any atom is 0.331 e. The number of aromatic nitrogens is 6. The highest BCUT2D eigenvalue weighted by atomic mass is 19.1. The van der Waals surface area contributed by atoms with Gasteiger partial charge >= 0.3 is 5.69 Å². The molecular formula is C26H31FN6O. The summed E-state index contributed by atoms with van der Waals surface area (Å²) in [6, 6.07) is 15.7. The number of halogens is 1. The van der Waals surface area contributed by atoms with Crippen molar-refractivity contribution in [1.82, 2.24) is 29.8 Å². The predicted molar refractivity (Wildman–Crippen MR) is 131 cm³/mol. The summed E-state index contributed by atoms with van der Waals surface area (Å²) in [4.78, 5) is 13.3. The van der Waals surface area contributed by atoms with Crippen molar-refractivity contribution in [2.75, 3.05) is 0 Å². The highest BCUT2D eigenvalue weighted by Gasteiger charge is 2.23. The molecule has 2 heterocycles. The molecule has 0 aliphatic heterocycles. The molecule has 1 unspecified atom stereocenters. The van der Waals surface area contributed by atoms with Gasteiger partial charge in [0, 0.05) is 11.6 Å². The molecule has 7 nitrogen and oxygen atoms in total. The summed E-state index contributed by atoms with van der Waals surface area (Å²) in [6.45, 7) is 8.31. The van der Waals surface area contributed by atoms with Crippen molar-refractivity contribution in [1.29, 1.82) is 0 Å². The highest BCUT2D eigenvalue weighted by molar-refractivity contribution is 5.80. The Bertz CT molecular complexity index is 1290. The lowest BCUT2D eigenvalue weighted by Gasteiger charge is -2.12. The van der Waals surface area contributed by atoms with Crippen LogP contribution in [-0.4, -0.2) is 29.8 Å². The summed E-state index contributed by atoms with van der Waals surface area (Å²) in [5, 5.41) is 14.6. The average molecular weight is 463 g/mol. The summed E-state index contributed by atoms with van der Waals surface area (Å²) < 4.78 is 18.3. The fourth-order valence-electron chi connectivity index (χ4n) is 4.17. The molecule has 0 amide bonds. The number of aromatic amines is 1. The number of nitrogens with one attached hydrogen (secondary N) is 1. The van der Waals surface area contributed by atoms with Gasteiger partial charge in [-0.3, -0.25) is 9.13 Å². The molecule has 0 saturated carbocycles. The van der Waals surface area contributed by atoms with Crippen molar-refractivity contribution in [2.45, 2.75) is 59.5 Å². The second-order valence-corrected chi connectivity index (χ2v) is 9.15. The van der Waals surface area contributed by atoms with Crippen LogP contribution in [0.15, 0.2) is 53.3 Å². The zero-order chi connectivity index (χ0) is 24.2. The van der Waals surface area contributed by atoms with E-state index in [0.29, 0.717) is 30.3 Å². The standard InChI is InChI=1S/C26H31FN6O/c1-5-18(4)33-24(27)23(14-11-17(2)3)32(26(33)34)16-19-12-13-21(20-9-7-6-8-10-20)22(15-19)25-28-30-31-29-25/h6-10,12-13,15,17-18H,5,11,14,16H2,1-4H3,(H,28,29,30,31). The van der Waals surface area contributed by atoms with Crippen LogP contribution in [0.2, 0.25) is 0 Å². The topological polar surface area (TPSA) is 81.4 Å². The summed E-state index contributed by atoms with van der Waals surface area (Å²) in [7, 11) is 0. The molecule has 2 aromatic carbocycles. The molecule has 0 radical (unpaired) electrons. The fraction of sp³-hybridized carbons (Fsp3) is 0.385. The second-order valence-electron chi connectivity index (χ2n) is 9.15. The molecule has 0 bridgehead atoms. The lowest BCUT2D eigenvalue weighted by atomic mass is 9.97. The number of H-pyrrole nitrogens is 1. The third-order valence-corrected chi connectivity index (χ3v) is 6.30. The van der Waals surface area contributed by atoms with Crippen LogP contribution in [0.4, 0.5) is 4.39 Å². The van der Waals surface area contributed by atoms with Gasteiger partial charge in [-0.25, -0.2) is 4.79 Å². The molecule has 1 N–H and O–H groups in total. The number of hydrogen-bond donors (Lipinski definition) is 1.